The van der Waals surface area contributed by atoms with Crippen LogP contribution in [0.3, 0.4) is 0 Å². The van der Waals surface area contributed by atoms with E-state index in [1.807, 2.05) is 60.7 Å². The van der Waals surface area contributed by atoms with Gasteiger partial charge in [-0.05, 0) is 78.8 Å². The van der Waals surface area contributed by atoms with Gasteiger partial charge in [0.2, 0.25) is 0 Å². The van der Waals surface area contributed by atoms with Crippen LogP contribution < -0.4 is 9.47 Å². The van der Waals surface area contributed by atoms with Crippen molar-refractivity contribution in [2.75, 3.05) is 13.2 Å². The number of carbonyl (C=O) groups is 2. The SMILES string of the molecule is C=COC(=O)COc1ccc2ccc3cc(-c4ccccc4)ccc3c2c1-c1c(OCC(=O)OC=C)ccc2ccc3cc(-c4ccccc4)ccc3c12. The minimum atomic E-state index is -0.595. The van der Waals surface area contributed by atoms with Gasteiger partial charge in [-0.1, -0.05) is 134 Å². The maximum absolute atomic E-state index is 12.7. The van der Waals surface area contributed by atoms with Gasteiger partial charge in [-0.3, -0.25) is 0 Å². The first-order valence-corrected chi connectivity index (χ1v) is 17.5. The Morgan fingerprint density at radius 1 is 0.444 bits per heavy atom. The molecule has 0 bridgehead atoms. The van der Waals surface area contributed by atoms with Crippen molar-refractivity contribution < 1.29 is 28.5 Å². The average molecular weight is 707 g/mol. The number of hydrogen-bond acceptors (Lipinski definition) is 6. The predicted molar refractivity (Wildman–Crippen MR) is 216 cm³/mol. The number of esters is 2. The van der Waals surface area contributed by atoms with E-state index in [0.717, 1.165) is 77.9 Å². The van der Waals surface area contributed by atoms with Gasteiger partial charge in [-0.25, -0.2) is 9.59 Å². The molecule has 0 aliphatic heterocycles. The highest BCUT2D eigenvalue weighted by Crippen LogP contribution is 2.49. The van der Waals surface area contributed by atoms with E-state index in [1.54, 1.807) is 0 Å². The monoisotopic (exact) mass is 706 g/mol. The highest BCUT2D eigenvalue weighted by Gasteiger charge is 2.23. The molecule has 0 aromatic heterocycles. The molecule has 0 aliphatic rings. The smallest absolute Gasteiger partial charge is 0.348 e. The lowest BCUT2D eigenvalue weighted by molar-refractivity contribution is -0.141. The summed E-state index contributed by atoms with van der Waals surface area (Å²) in [5.41, 5.74) is 5.78. The minimum absolute atomic E-state index is 0.360. The van der Waals surface area contributed by atoms with Gasteiger partial charge >= 0.3 is 11.9 Å². The van der Waals surface area contributed by atoms with Gasteiger partial charge in [0.1, 0.15) is 11.5 Å². The highest BCUT2D eigenvalue weighted by molar-refractivity contribution is 6.23. The summed E-state index contributed by atoms with van der Waals surface area (Å²) in [6, 6.07) is 49.4. The normalized spacial score (nSPS) is 11.0. The molecule has 0 aliphatic carbocycles. The molecule has 0 N–H and O–H groups in total. The lowest BCUT2D eigenvalue weighted by Gasteiger charge is -2.21. The Morgan fingerprint density at radius 2 is 0.833 bits per heavy atom. The van der Waals surface area contributed by atoms with Crippen LogP contribution in [0.1, 0.15) is 0 Å². The number of fused-ring (bicyclic) bond motifs is 6. The number of benzene rings is 8. The summed E-state index contributed by atoms with van der Waals surface area (Å²) in [6.07, 6.45) is 2.17. The van der Waals surface area contributed by atoms with Crippen LogP contribution in [-0.4, -0.2) is 25.2 Å². The molecule has 0 amide bonds. The molecule has 8 aromatic rings. The Kier molecular flexibility index (Phi) is 9.31. The Hall–Kier alpha value is -7.18. The van der Waals surface area contributed by atoms with E-state index in [1.165, 1.54) is 0 Å². The Morgan fingerprint density at radius 3 is 1.24 bits per heavy atom. The third kappa shape index (κ3) is 6.53. The molecule has 54 heavy (non-hydrogen) atoms. The maximum Gasteiger partial charge on any atom is 0.348 e. The van der Waals surface area contributed by atoms with E-state index in [-0.39, 0.29) is 13.2 Å². The zero-order chi connectivity index (χ0) is 37.0. The first-order chi connectivity index (χ1) is 26.5. The van der Waals surface area contributed by atoms with Crippen molar-refractivity contribution in [2.24, 2.45) is 0 Å². The fourth-order valence-corrected chi connectivity index (χ4v) is 7.16. The van der Waals surface area contributed by atoms with E-state index in [9.17, 15) is 9.59 Å². The fraction of sp³-hybridized carbons (Fsp3) is 0.0417. The van der Waals surface area contributed by atoms with Gasteiger partial charge in [0, 0.05) is 21.9 Å². The van der Waals surface area contributed by atoms with Crippen molar-refractivity contribution in [3.05, 3.63) is 171 Å². The van der Waals surface area contributed by atoms with E-state index in [2.05, 4.69) is 98.1 Å². The maximum atomic E-state index is 12.7. The van der Waals surface area contributed by atoms with Gasteiger partial charge in [-0.15, -0.1) is 0 Å². The van der Waals surface area contributed by atoms with Crippen LogP contribution in [-0.2, 0) is 19.1 Å². The van der Waals surface area contributed by atoms with Crippen LogP contribution in [0.25, 0.3) is 76.5 Å². The van der Waals surface area contributed by atoms with Crippen LogP contribution in [0.5, 0.6) is 11.5 Å². The number of rotatable bonds is 11. The van der Waals surface area contributed by atoms with E-state index >= 15 is 0 Å². The second-order valence-electron chi connectivity index (χ2n) is 12.7. The molecular formula is C48H34O6. The van der Waals surface area contributed by atoms with Crippen LogP contribution in [0.2, 0.25) is 0 Å². The molecule has 0 spiro atoms. The minimum Gasteiger partial charge on any atom is -0.481 e. The van der Waals surface area contributed by atoms with Crippen LogP contribution in [0, 0.1) is 0 Å². The molecule has 0 saturated carbocycles. The molecule has 6 heteroatoms. The van der Waals surface area contributed by atoms with E-state index in [4.69, 9.17) is 18.9 Å². The molecule has 0 saturated heterocycles. The van der Waals surface area contributed by atoms with E-state index < -0.39 is 11.9 Å². The summed E-state index contributed by atoms with van der Waals surface area (Å²) < 4.78 is 22.7. The summed E-state index contributed by atoms with van der Waals surface area (Å²) in [7, 11) is 0. The zero-order valence-corrected chi connectivity index (χ0v) is 29.3. The molecule has 8 aromatic carbocycles. The van der Waals surface area contributed by atoms with Crippen molar-refractivity contribution in [1.82, 2.24) is 0 Å². The van der Waals surface area contributed by atoms with Crippen molar-refractivity contribution in [2.45, 2.75) is 0 Å². The topological polar surface area (TPSA) is 71.1 Å². The van der Waals surface area contributed by atoms with Gasteiger partial charge in [0.25, 0.3) is 0 Å². The first-order valence-electron chi connectivity index (χ1n) is 17.5. The van der Waals surface area contributed by atoms with Crippen LogP contribution in [0.15, 0.2) is 171 Å². The molecule has 0 radical (unpaired) electrons. The van der Waals surface area contributed by atoms with Crippen molar-refractivity contribution in [3.8, 4) is 44.9 Å². The fourth-order valence-electron chi connectivity index (χ4n) is 7.16. The molecule has 0 fully saturated rings. The van der Waals surface area contributed by atoms with Gasteiger partial charge < -0.3 is 18.9 Å². The van der Waals surface area contributed by atoms with Crippen LogP contribution in [0.4, 0.5) is 0 Å². The van der Waals surface area contributed by atoms with Crippen molar-refractivity contribution >= 4 is 55.0 Å². The quantitative estimate of drug-likeness (QED) is 0.0757. The summed E-state index contributed by atoms with van der Waals surface area (Å²) in [4.78, 5) is 25.3. The summed E-state index contributed by atoms with van der Waals surface area (Å²) >= 11 is 0. The lowest BCUT2D eigenvalue weighted by atomic mass is 9.87. The molecular weight excluding hydrogens is 673 g/mol. The molecule has 0 heterocycles. The Balaban J connectivity index is 1.45. The lowest BCUT2D eigenvalue weighted by Crippen LogP contribution is -2.14. The van der Waals surface area contributed by atoms with Crippen LogP contribution >= 0.6 is 0 Å². The van der Waals surface area contributed by atoms with Gasteiger partial charge in [-0.2, -0.15) is 0 Å². The Bertz CT molecular complexity index is 2540. The molecule has 262 valence electrons. The summed E-state index contributed by atoms with van der Waals surface area (Å²) in [5, 5.41) is 7.67. The summed E-state index contributed by atoms with van der Waals surface area (Å²) in [5.74, 6) is -0.317. The number of hydrogen-bond donors (Lipinski definition) is 0. The van der Waals surface area contributed by atoms with Gasteiger partial charge in [0.15, 0.2) is 13.2 Å². The third-order valence-electron chi connectivity index (χ3n) is 9.51. The largest absolute Gasteiger partial charge is 0.481 e. The average Bonchev–Trinajstić information content (AvgIpc) is 3.22. The molecule has 8 rings (SSSR count). The standard InChI is InChI=1S/C48H34O6/c1-3-51-43(49)29-53-41-25-21-33-15-17-37-27-35(31-11-7-5-8-12-31)19-23-39(37)45(33)47(41)48-42(54-30-44(50)52-4-2)26-22-34-16-18-38-28-36(20-24-40(38)46(34)48)32-13-9-6-10-14-32/h3-28H,1-2,29-30H2. The second kappa shape index (κ2) is 14.8. The molecule has 6 nitrogen and oxygen atoms in total. The summed E-state index contributed by atoms with van der Waals surface area (Å²) in [6.45, 7) is 6.31. The number of carbonyl (C=O) groups excluding carboxylic acids is 2. The number of ether oxygens (including phenoxy) is 4. The van der Waals surface area contributed by atoms with E-state index in [0.29, 0.717) is 22.6 Å². The van der Waals surface area contributed by atoms with Crippen molar-refractivity contribution in [3.63, 3.8) is 0 Å². The first kappa shape index (κ1) is 33.9. The second-order valence-corrected chi connectivity index (χ2v) is 12.7. The Labute approximate surface area is 312 Å². The van der Waals surface area contributed by atoms with Crippen molar-refractivity contribution in [1.29, 1.82) is 0 Å². The highest BCUT2D eigenvalue weighted by atomic mass is 16.6. The third-order valence-corrected chi connectivity index (χ3v) is 9.51. The van der Waals surface area contributed by atoms with Gasteiger partial charge in [0.05, 0.1) is 12.5 Å². The molecule has 0 atom stereocenters. The molecule has 0 unspecified atom stereocenters. The zero-order valence-electron chi connectivity index (χ0n) is 29.3. The predicted octanol–water partition coefficient (Wildman–Crippen LogP) is 11.4.